The lowest BCUT2D eigenvalue weighted by Gasteiger charge is -2.23. The third kappa shape index (κ3) is 2.81. The van der Waals surface area contributed by atoms with E-state index in [4.69, 9.17) is 4.74 Å². The number of hydrogen-bond donors (Lipinski definition) is 0. The minimum Gasteiger partial charge on any atom is -0.454 e. The molecule has 19 heavy (non-hydrogen) atoms. The van der Waals surface area contributed by atoms with Crippen molar-refractivity contribution in [2.75, 3.05) is 0 Å². The van der Waals surface area contributed by atoms with E-state index in [9.17, 15) is 9.59 Å². The number of Topliss-reactive ketones (excluding diaryl/α,β-unsaturated/α-hetero) is 1. The van der Waals surface area contributed by atoms with Crippen LogP contribution >= 0.6 is 0 Å². The molecule has 0 spiro atoms. The van der Waals surface area contributed by atoms with E-state index in [1.807, 2.05) is 30.3 Å². The molecule has 2 rings (SSSR count). The molecule has 1 aromatic carbocycles. The largest absolute Gasteiger partial charge is 0.454 e. The van der Waals surface area contributed by atoms with Gasteiger partial charge in [-0.25, -0.2) is 4.79 Å². The Kier molecular flexibility index (Phi) is 3.95. The lowest BCUT2D eigenvalue weighted by atomic mass is 9.84. The Balaban J connectivity index is 2.34. The summed E-state index contributed by atoms with van der Waals surface area (Å²) in [5.74, 6) is -0.691. The Morgan fingerprint density at radius 2 is 2.05 bits per heavy atom. The number of rotatable bonds is 5. The molecule has 0 saturated heterocycles. The van der Waals surface area contributed by atoms with Crippen molar-refractivity contribution < 1.29 is 14.3 Å². The number of cyclic esters (lactones) is 1. The monoisotopic (exact) mass is 256 g/mol. The highest BCUT2D eigenvalue weighted by Gasteiger charge is 2.32. The van der Waals surface area contributed by atoms with E-state index in [2.05, 4.69) is 6.58 Å². The van der Waals surface area contributed by atoms with Crippen LogP contribution in [-0.2, 0) is 14.3 Å². The van der Waals surface area contributed by atoms with Crippen molar-refractivity contribution in [1.82, 2.24) is 0 Å². The lowest BCUT2D eigenvalue weighted by molar-refractivity contribution is -0.139. The van der Waals surface area contributed by atoms with Gasteiger partial charge in [0.05, 0.1) is 5.92 Å². The predicted octanol–water partition coefficient (Wildman–Crippen LogP) is 2.79. The molecule has 0 saturated carbocycles. The Hall–Kier alpha value is -2.16. The highest BCUT2D eigenvalue weighted by atomic mass is 16.5. The molecule has 1 aliphatic rings. The summed E-state index contributed by atoms with van der Waals surface area (Å²) in [6, 6.07) is 9.53. The maximum absolute atomic E-state index is 11.9. The van der Waals surface area contributed by atoms with Gasteiger partial charge in [-0.2, -0.15) is 0 Å². The highest BCUT2D eigenvalue weighted by molar-refractivity contribution is 5.96. The molecule has 0 radical (unpaired) electrons. The van der Waals surface area contributed by atoms with Crippen LogP contribution in [0.1, 0.15) is 24.8 Å². The highest BCUT2D eigenvalue weighted by Crippen LogP contribution is 2.32. The van der Waals surface area contributed by atoms with Gasteiger partial charge in [0.15, 0.2) is 5.78 Å². The predicted molar refractivity (Wildman–Crippen MR) is 72.6 cm³/mol. The third-order valence-electron chi connectivity index (χ3n) is 3.22. The first-order valence-corrected chi connectivity index (χ1v) is 6.29. The molecule has 0 N–H and O–H groups in total. The molecule has 1 heterocycles. The summed E-state index contributed by atoms with van der Waals surface area (Å²) >= 11 is 0. The topological polar surface area (TPSA) is 43.4 Å². The number of ketones is 1. The summed E-state index contributed by atoms with van der Waals surface area (Å²) in [7, 11) is 0. The Labute approximate surface area is 112 Å². The Morgan fingerprint density at radius 1 is 1.37 bits per heavy atom. The minimum atomic E-state index is -0.446. The summed E-state index contributed by atoms with van der Waals surface area (Å²) < 4.78 is 5.23. The van der Waals surface area contributed by atoms with Gasteiger partial charge in [-0.05, 0) is 17.2 Å². The molecule has 3 heteroatoms. The van der Waals surface area contributed by atoms with Gasteiger partial charge in [-0.3, -0.25) is 4.79 Å². The fourth-order valence-electron chi connectivity index (χ4n) is 2.22. The van der Waals surface area contributed by atoms with E-state index >= 15 is 0 Å². The SMILES string of the molecule is C=C(C(=O)CC)[C@@H](c1ccccc1)[C@@H]1C=CC(=O)O1. The van der Waals surface area contributed by atoms with E-state index in [-0.39, 0.29) is 17.7 Å². The normalized spacial score (nSPS) is 19.0. The number of esters is 1. The second-order valence-corrected chi connectivity index (χ2v) is 4.45. The molecule has 3 nitrogen and oxygen atoms in total. The van der Waals surface area contributed by atoms with Crippen LogP contribution in [0.15, 0.2) is 54.6 Å². The van der Waals surface area contributed by atoms with Crippen molar-refractivity contribution >= 4 is 11.8 Å². The molecule has 1 aliphatic heterocycles. The maximum atomic E-state index is 11.9. The smallest absolute Gasteiger partial charge is 0.331 e. The molecule has 0 aromatic heterocycles. The molecule has 1 aromatic rings. The zero-order valence-corrected chi connectivity index (χ0v) is 10.8. The number of carbonyl (C=O) groups excluding carboxylic acids is 2. The van der Waals surface area contributed by atoms with Crippen LogP contribution in [0.3, 0.4) is 0 Å². The van der Waals surface area contributed by atoms with Gasteiger partial charge in [-0.1, -0.05) is 43.8 Å². The zero-order valence-electron chi connectivity index (χ0n) is 10.8. The number of benzene rings is 1. The van der Waals surface area contributed by atoms with E-state index in [0.29, 0.717) is 12.0 Å². The van der Waals surface area contributed by atoms with Crippen LogP contribution in [0.5, 0.6) is 0 Å². The quantitative estimate of drug-likeness (QED) is 0.601. The molecular weight excluding hydrogens is 240 g/mol. The zero-order chi connectivity index (χ0) is 13.8. The van der Waals surface area contributed by atoms with Crippen LogP contribution in [0, 0.1) is 0 Å². The Bertz CT molecular complexity index is 528. The molecule has 0 amide bonds. The molecule has 0 aliphatic carbocycles. The van der Waals surface area contributed by atoms with Crippen molar-refractivity contribution in [3.05, 3.63) is 60.2 Å². The Morgan fingerprint density at radius 3 is 2.58 bits per heavy atom. The van der Waals surface area contributed by atoms with E-state index < -0.39 is 6.10 Å². The van der Waals surface area contributed by atoms with Gasteiger partial charge in [0.2, 0.25) is 0 Å². The fourth-order valence-corrected chi connectivity index (χ4v) is 2.22. The fraction of sp³-hybridized carbons (Fsp3) is 0.250. The van der Waals surface area contributed by atoms with Crippen molar-refractivity contribution in [1.29, 1.82) is 0 Å². The van der Waals surface area contributed by atoms with Crippen LogP contribution in [0.4, 0.5) is 0 Å². The summed E-state index contributed by atoms with van der Waals surface area (Å²) in [5, 5.41) is 0. The average Bonchev–Trinajstić information content (AvgIpc) is 2.85. The van der Waals surface area contributed by atoms with Gasteiger partial charge in [0, 0.05) is 12.5 Å². The van der Waals surface area contributed by atoms with Crippen molar-refractivity contribution in [2.45, 2.75) is 25.4 Å². The van der Waals surface area contributed by atoms with Gasteiger partial charge in [0.1, 0.15) is 6.10 Å². The van der Waals surface area contributed by atoms with Crippen LogP contribution in [0.2, 0.25) is 0 Å². The average molecular weight is 256 g/mol. The number of ether oxygens (including phenoxy) is 1. The van der Waals surface area contributed by atoms with Crippen molar-refractivity contribution in [2.24, 2.45) is 0 Å². The van der Waals surface area contributed by atoms with E-state index in [0.717, 1.165) is 5.56 Å². The summed E-state index contributed by atoms with van der Waals surface area (Å²) in [6.45, 7) is 5.69. The standard InChI is InChI=1S/C16H16O3/c1-3-13(17)11(2)16(12-7-5-4-6-8-12)14-9-10-15(18)19-14/h4-10,14,16H,2-3H2,1H3/t14-,16-/m0/s1. The molecule has 0 unspecified atom stereocenters. The van der Waals surface area contributed by atoms with Crippen molar-refractivity contribution in [3.63, 3.8) is 0 Å². The van der Waals surface area contributed by atoms with Crippen molar-refractivity contribution in [3.8, 4) is 0 Å². The van der Waals surface area contributed by atoms with E-state index in [1.165, 1.54) is 6.08 Å². The van der Waals surface area contributed by atoms with Gasteiger partial charge in [0.25, 0.3) is 0 Å². The number of carbonyl (C=O) groups is 2. The van der Waals surface area contributed by atoms with Gasteiger partial charge < -0.3 is 4.74 Å². The second kappa shape index (κ2) is 5.65. The first kappa shape index (κ1) is 13.3. The molecule has 0 fully saturated rings. The first-order valence-electron chi connectivity index (χ1n) is 6.29. The van der Waals surface area contributed by atoms with E-state index in [1.54, 1.807) is 13.0 Å². The summed E-state index contributed by atoms with van der Waals surface area (Å²) in [4.78, 5) is 23.1. The molecule has 98 valence electrons. The summed E-state index contributed by atoms with van der Waals surface area (Å²) in [6.07, 6.45) is 3.03. The van der Waals surface area contributed by atoms with Gasteiger partial charge >= 0.3 is 5.97 Å². The number of hydrogen-bond acceptors (Lipinski definition) is 3. The molecule has 2 atom stereocenters. The molecular formula is C16H16O3. The summed E-state index contributed by atoms with van der Waals surface area (Å²) in [5.41, 5.74) is 1.41. The maximum Gasteiger partial charge on any atom is 0.331 e. The van der Waals surface area contributed by atoms with Crippen LogP contribution in [0.25, 0.3) is 0 Å². The third-order valence-corrected chi connectivity index (χ3v) is 3.22. The lowest BCUT2D eigenvalue weighted by Crippen LogP contribution is -2.23. The second-order valence-electron chi connectivity index (χ2n) is 4.45. The molecule has 0 bridgehead atoms. The van der Waals surface area contributed by atoms with Crippen LogP contribution < -0.4 is 0 Å². The van der Waals surface area contributed by atoms with Crippen LogP contribution in [-0.4, -0.2) is 17.9 Å². The van der Waals surface area contributed by atoms with Gasteiger partial charge in [-0.15, -0.1) is 0 Å². The first-order chi connectivity index (χ1) is 9.13. The minimum absolute atomic E-state index is 0.00907.